The van der Waals surface area contributed by atoms with Crippen molar-refractivity contribution in [2.24, 2.45) is 5.10 Å². The summed E-state index contributed by atoms with van der Waals surface area (Å²) in [5.74, 6) is 0.105. The van der Waals surface area contributed by atoms with Crippen molar-refractivity contribution >= 4 is 29.7 Å². The zero-order valence-electron chi connectivity index (χ0n) is 18.3. The van der Waals surface area contributed by atoms with Crippen molar-refractivity contribution in [2.45, 2.75) is 6.92 Å². The molecule has 0 saturated carbocycles. The van der Waals surface area contributed by atoms with Gasteiger partial charge in [-0.25, -0.2) is 15.2 Å². The van der Waals surface area contributed by atoms with Crippen LogP contribution >= 0.6 is 11.6 Å². The Morgan fingerprint density at radius 1 is 1.29 bits per heavy atom. The molecule has 34 heavy (non-hydrogen) atoms. The molecule has 3 aromatic rings. The molecule has 0 unspecified atom stereocenters. The minimum atomic E-state index is -0.600. The van der Waals surface area contributed by atoms with Crippen molar-refractivity contribution in [1.82, 2.24) is 9.97 Å². The molecule has 2 N–H and O–H groups in total. The van der Waals surface area contributed by atoms with Gasteiger partial charge in [-0.15, -0.1) is 0 Å². The number of hydrazone groups is 1. The molecule has 0 amide bonds. The fraction of sp³-hybridized carbons (Fsp3) is 0.174. The van der Waals surface area contributed by atoms with E-state index in [0.717, 1.165) is 0 Å². The number of carbonyl (C=O) groups excluding carboxylic acids is 1. The summed E-state index contributed by atoms with van der Waals surface area (Å²) >= 11 is 6.31. The molecule has 0 aliphatic carbocycles. The number of nitrogens with zero attached hydrogens (tertiary/aromatic N) is 3. The van der Waals surface area contributed by atoms with Gasteiger partial charge in [0, 0.05) is 17.2 Å². The number of hydrogen-bond acceptors (Lipinski definition) is 9. The van der Waals surface area contributed by atoms with Crippen LogP contribution in [-0.2, 0) is 9.53 Å². The fourth-order valence-corrected chi connectivity index (χ4v) is 3.06. The summed E-state index contributed by atoms with van der Waals surface area (Å²) < 4.78 is 15.5. The Morgan fingerprint density at radius 2 is 2.06 bits per heavy atom. The molecule has 0 saturated heterocycles. The van der Waals surface area contributed by atoms with E-state index in [2.05, 4.69) is 20.5 Å². The van der Waals surface area contributed by atoms with Crippen molar-refractivity contribution < 1.29 is 19.0 Å². The molecule has 0 bridgehead atoms. The van der Waals surface area contributed by atoms with Crippen LogP contribution in [-0.4, -0.2) is 42.5 Å². The monoisotopic (exact) mass is 481 g/mol. The second kappa shape index (κ2) is 11.5. The van der Waals surface area contributed by atoms with Crippen LogP contribution in [0.15, 0.2) is 52.4 Å². The van der Waals surface area contributed by atoms with E-state index < -0.39 is 11.5 Å². The zero-order chi connectivity index (χ0) is 24.5. The number of rotatable bonds is 9. The largest absolute Gasteiger partial charge is 0.493 e. The number of H-pyrrole nitrogens is 1. The molecular formula is C23H20ClN5O5. The highest BCUT2D eigenvalue weighted by molar-refractivity contribution is 6.33. The average molecular weight is 482 g/mol. The van der Waals surface area contributed by atoms with Gasteiger partial charge in [-0.05, 0) is 13.0 Å². The van der Waals surface area contributed by atoms with Crippen molar-refractivity contribution in [1.29, 1.82) is 5.26 Å². The number of aromatic nitrogens is 2. The third-order valence-electron chi connectivity index (χ3n) is 4.39. The van der Waals surface area contributed by atoms with Crippen LogP contribution in [0.4, 0.5) is 5.95 Å². The minimum absolute atomic E-state index is 0.0385. The standard InChI is InChI=1S/C23H20ClN5O5/c1-3-33-20(30)13-34-19-10-17(24)15(9-18(19)32-2)12-26-29-23-27-21(14-7-5-4-6-8-14)16(11-25)22(31)28-23/h4-10,12H,3,13H2,1-2H3,(H2,27,28,29,31). The van der Waals surface area contributed by atoms with Crippen molar-refractivity contribution in [3.8, 4) is 28.8 Å². The first-order valence-electron chi connectivity index (χ1n) is 10.0. The van der Waals surface area contributed by atoms with E-state index in [1.54, 1.807) is 37.3 Å². The normalized spacial score (nSPS) is 10.5. The molecule has 11 heteroatoms. The number of halogens is 1. The van der Waals surface area contributed by atoms with Crippen LogP contribution in [0.2, 0.25) is 5.02 Å². The Bertz CT molecular complexity index is 1300. The maximum atomic E-state index is 12.3. The fourth-order valence-electron chi connectivity index (χ4n) is 2.86. The molecule has 1 aromatic heterocycles. The highest BCUT2D eigenvalue weighted by Gasteiger charge is 2.14. The smallest absolute Gasteiger partial charge is 0.344 e. The molecule has 1 heterocycles. The maximum absolute atomic E-state index is 12.3. The SMILES string of the molecule is CCOC(=O)COc1cc(Cl)c(C=NNc2nc(-c3ccccc3)c(C#N)c(=O)[nH]2)cc1OC. The van der Waals surface area contributed by atoms with Gasteiger partial charge >= 0.3 is 5.97 Å². The van der Waals surface area contributed by atoms with Gasteiger partial charge in [0.2, 0.25) is 5.95 Å². The Hall–Kier alpha value is -4.36. The number of ether oxygens (including phenoxy) is 3. The molecule has 2 aromatic carbocycles. The third kappa shape index (κ3) is 5.90. The van der Waals surface area contributed by atoms with Gasteiger partial charge in [0.25, 0.3) is 5.56 Å². The van der Waals surface area contributed by atoms with Crippen LogP contribution in [0.5, 0.6) is 11.5 Å². The van der Waals surface area contributed by atoms with Gasteiger partial charge in [-0.2, -0.15) is 10.4 Å². The van der Waals surface area contributed by atoms with E-state index >= 15 is 0 Å². The number of nitrogens with one attached hydrogen (secondary N) is 2. The van der Waals surface area contributed by atoms with Crippen molar-refractivity contribution in [3.63, 3.8) is 0 Å². The molecule has 174 valence electrons. The van der Waals surface area contributed by atoms with Crippen molar-refractivity contribution in [2.75, 3.05) is 25.7 Å². The van der Waals surface area contributed by atoms with Crippen LogP contribution in [0.3, 0.4) is 0 Å². The predicted molar refractivity (Wildman–Crippen MR) is 126 cm³/mol. The summed E-state index contributed by atoms with van der Waals surface area (Å²) in [6, 6.07) is 13.8. The second-order valence-electron chi connectivity index (χ2n) is 6.60. The van der Waals surface area contributed by atoms with Crippen LogP contribution in [0.1, 0.15) is 18.1 Å². The lowest BCUT2D eigenvalue weighted by Gasteiger charge is -2.12. The van der Waals surface area contributed by atoms with Gasteiger partial charge in [0.15, 0.2) is 18.1 Å². The summed E-state index contributed by atoms with van der Waals surface area (Å²) in [6.45, 7) is 1.65. The number of aromatic amines is 1. The lowest BCUT2D eigenvalue weighted by Crippen LogP contribution is -2.16. The highest BCUT2D eigenvalue weighted by atomic mass is 35.5. The molecule has 0 fully saturated rings. The number of carbonyl (C=O) groups is 1. The number of benzene rings is 2. The van der Waals surface area contributed by atoms with Gasteiger partial charge < -0.3 is 14.2 Å². The van der Waals surface area contributed by atoms with E-state index in [-0.39, 0.29) is 41.2 Å². The topological polar surface area (TPSA) is 139 Å². The Morgan fingerprint density at radius 3 is 2.74 bits per heavy atom. The Labute approximate surface area is 199 Å². The van der Waals surface area contributed by atoms with Gasteiger partial charge in [-0.3, -0.25) is 9.78 Å². The maximum Gasteiger partial charge on any atom is 0.344 e. The molecule has 3 rings (SSSR count). The van der Waals surface area contributed by atoms with Gasteiger partial charge in [0.05, 0.1) is 30.6 Å². The first kappa shape index (κ1) is 24.3. The summed E-state index contributed by atoms with van der Waals surface area (Å²) in [5.41, 5.74) is 3.24. The first-order valence-corrected chi connectivity index (χ1v) is 10.4. The summed E-state index contributed by atoms with van der Waals surface area (Å²) in [4.78, 5) is 30.6. The molecule has 0 aliphatic heterocycles. The Kier molecular flexibility index (Phi) is 8.21. The highest BCUT2D eigenvalue weighted by Crippen LogP contribution is 2.32. The minimum Gasteiger partial charge on any atom is -0.493 e. The molecular weight excluding hydrogens is 462 g/mol. The van der Waals surface area contributed by atoms with E-state index in [9.17, 15) is 14.9 Å². The van der Waals surface area contributed by atoms with Crippen LogP contribution in [0, 0.1) is 11.3 Å². The summed E-state index contributed by atoms with van der Waals surface area (Å²) in [7, 11) is 1.44. The lowest BCUT2D eigenvalue weighted by molar-refractivity contribution is -0.145. The molecule has 0 spiro atoms. The Balaban J connectivity index is 1.81. The van der Waals surface area contributed by atoms with E-state index in [4.69, 9.17) is 25.8 Å². The van der Waals surface area contributed by atoms with E-state index in [0.29, 0.717) is 16.9 Å². The van der Waals surface area contributed by atoms with Crippen LogP contribution < -0.4 is 20.5 Å². The van der Waals surface area contributed by atoms with Crippen LogP contribution in [0.25, 0.3) is 11.3 Å². The summed E-state index contributed by atoms with van der Waals surface area (Å²) in [5, 5.41) is 13.7. The number of nitriles is 1. The second-order valence-corrected chi connectivity index (χ2v) is 7.01. The van der Waals surface area contributed by atoms with Gasteiger partial charge in [0.1, 0.15) is 11.6 Å². The molecule has 10 nitrogen and oxygen atoms in total. The molecule has 0 atom stereocenters. The van der Waals surface area contributed by atoms with Crippen molar-refractivity contribution in [3.05, 3.63) is 69.0 Å². The quantitative estimate of drug-likeness (QED) is 0.269. The predicted octanol–water partition coefficient (Wildman–Crippen LogP) is 3.36. The first-order chi connectivity index (χ1) is 16.5. The number of anilines is 1. The average Bonchev–Trinajstić information content (AvgIpc) is 2.84. The van der Waals surface area contributed by atoms with Gasteiger partial charge in [-0.1, -0.05) is 41.9 Å². The number of methoxy groups -OCH3 is 1. The molecule has 0 radical (unpaired) electrons. The number of hydrogen-bond donors (Lipinski definition) is 2. The van der Waals surface area contributed by atoms with E-state index in [1.807, 2.05) is 12.1 Å². The third-order valence-corrected chi connectivity index (χ3v) is 4.71. The lowest BCUT2D eigenvalue weighted by atomic mass is 10.1. The van der Waals surface area contributed by atoms with E-state index in [1.165, 1.54) is 19.4 Å². The zero-order valence-corrected chi connectivity index (χ0v) is 19.0. The molecule has 0 aliphatic rings. The summed E-state index contributed by atoms with van der Waals surface area (Å²) in [6.07, 6.45) is 1.39. The number of esters is 1.